The van der Waals surface area contributed by atoms with Gasteiger partial charge in [-0.3, -0.25) is 0 Å². The molecule has 0 bridgehead atoms. The molecule has 0 aliphatic heterocycles. The van der Waals surface area contributed by atoms with Gasteiger partial charge in [0, 0.05) is 18.4 Å². The van der Waals surface area contributed by atoms with Gasteiger partial charge in [-0.05, 0) is 29.7 Å². The van der Waals surface area contributed by atoms with Gasteiger partial charge < -0.3 is 10.2 Å². The topological polar surface area (TPSA) is 53.9 Å². The van der Waals surface area contributed by atoms with Gasteiger partial charge in [-0.15, -0.1) is 5.10 Å². The third-order valence-electron chi connectivity index (χ3n) is 3.86. The molecule has 1 N–H and O–H groups in total. The number of aromatic nitrogens is 3. The first-order chi connectivity index (χ1) is 11.6. The van der Waals surface area contributed by atoms with Gasteiger partial charge in [0.15, 0.2) is 5.82 Å². The van der Waals surface area contributed by atoms with Crippen LogP contribution in [0.5, 0.6) is 0 Å². The molecule has 1 heterocycles. The van der Waals surface area contributed by atoms with Crippen LogP contribution in [0.2, 0.25) is 0 Å². The number of benzene rings is 2. The molecule has 0 amide bonds. The van der Waals surface area contributed by atoms with Gasteiger partial charge in [0.2, 0.25) is 5.95 Å². The first kappa shape index (κ1) is 15.9. The number of nitrogens with one attached hydrogen (secondary N) is 1. The lowest BCUT2D eigenvalue weighted by molar-refractivity contribution is 0.867. The van der Waals surface area contributed by atoms with E-state index < -0.39 is 0 Å². The van der Waals surface area contributed by atoms with E-state index >= 15 is 0 Å². The largest absolute Gasteiger partial charge is 0.328 e. The van der Waals surface area contributed by atoms with E-state index in [-0.39, 0.29) is 0 Å². The molecular weight excluding hydrogens is 298 g/mol. The number of rotatable bonds is 5. The monoisotopic (exact) mass is 319 g/mol. The minimum Gasteiger partial charge on any atom is -0.328 e. The van der Waals surface area contributed by atoms with E-state index in [0.29, 0.717) is 11.9 Å². The summed E-state index contributed by atoms with van der Waals surface area (Å²) < 4.78 is 0. The number of hydrogen-bond acceptors (Lipinski definition) is 5. The quantitative estimate of drug-likeness (QED) is 0.750. The molecule has 3 aromatic rings. The highest BCUT2D eigenvalue weighted by Crippen LogP contribution is 2.26. The maximum Gasteiger partial charge on any atom is 0.249 e. The standard InChI is InChI=1S/C19H21N5/c1-14(2)16-11-7-8-12-17(16)21-19-22-18(13-20-23-19)24(3)15-9-5-4-6-10-15/h4-14H,1-3H3,(H,21,22,23). The maximum absolute atomic E-state index is 4.59. The molecule has 0 spiro atoms. The normalized spacial score (nSPS) is 10.7. The first-order valence-electron chi connectivity index (χ1n) is 7.99. The molecule has 24 heavy (non-hydrogen) atoms. The van der Waals surface area contributed by atoms with Crippen molar-refractivity contribution in [3.8, 4) is 0 Å². The zero-order valence-corrected chi connectivity index (χ0v) is 14.1. The molecule has 2 aromatic carbocycles. The van der Waals surface area contributed by atoms with Crippen molar-refractivity contribution in [2.45, 2.75) is 19.8 Å². The van der Waals surface area contributed by atoms with Gasteiger partial charge in [-0.25, -0.2) is 0 Å². The smallest absolute Gasteiger partial charge is 0.249 e. The second kappa shape index (κ2) is 7.08. The van der Waals surface area contributed by atoms with Crippen LogP contribution in [0.4, 0.5) is 23.1 Å². The molecule has 0 saturated heterocycles. The Morgan fingerprint density at radius 1 is 0.958 bits per heavy atom. The Labute approximate surface area is 142 Å². The Balaban J connectivity index is 1.87. The Kier molecular flexibility index (Phi) is 4.70. The molecule has 0 radical (unpaired) electrons. The third kappa shape index (κ3) is 3.51. The van der Waals surface area contributed by atoms with Crippen LogP contribution in [-0.4, -0.2) is 22.2 Å². The molecule has 0 aliphatic carbocycles. The predicted molar refractivity (Wildman–Crippen MR) is 98.1 cm³/mol. The first-order valence-corrected chi connectivity index (χ1v) is 7.99. The molecule has 0 unspecified atom stereocenters. The Bertz CT molecular complexity index is 802. The fourth-order valence-corrected chi connectivity index (χ4v) is 2.53. The van der Waals surface area contributed by atoms with E-state index in [1.807, 2.05) is 60.5 Å². The lowest BCUT2D eigenvalue weighted by atomic mass is 10.0. The lowest BCUT2D eigenvalue weighted by Crippen LogP contribution is -2.13. The van der Waals surface area contributed by atoms with Crippen molar-refractivity contribution in [3.05, 3.63) is 66.4 Å². The van der Waals surface area contributed by atoms with Crippen LogP contribution in [0.25, 0.3) is 0 Å². The van der Waals surface area contributed by atoms with E-state index in [9.17, 15) is 0 Å². The molecule has 0 atom stereocenters. The molecule has 5 nitrogen and oxygen atoms in total. The highest BCUT2D eigenvalue weighted by molar-refractivity contribution is 5.62. The van der Waals surface area contributed by atoms with Crippen molar-refractivity contribution in [2.75, 3.05) is 17.3 Å². The number of para-hydroxylation sites is 2. The summed E-state index contributed by atoms with van der Waals surface area (Å²) in [7, 11) is 1.96. The maximum atomic E-state index is 4.59. The molecule has 0 fully saturated rings. The van der Waals surface area contributed by atoms with Crippen LogP contribution >= 0.6 is 0 Å². The zero-order chi connectivity index (χ0) is 16.9. The Morgan fingerprint density at radius 3 is 2.42 bits per heavy atom. The number of nitrogens with zero attached hydrogens (tertiary/aromatic N) is 4. The van der Waals surface area contributed by atoms with E-state index in [1.165, 1.54) is 5.56 Å². The fraction of sp³-hybridized carbons (Fsp3) is 0.211. The van der Waals surface area contributed by atoms with Crippen molar-refractivity contribution in [3.63, 3.8) is 0 Å². The Hall–Kier alpha value is -2.95. The zero-order valence-electron chi connectivity index (χ0n) is 14.1. The summed E-state index contributed by atoms with van der Waals surface area (Å²) in [4.78, 5) is 6.57. The van der Waals surface area contributed by atoms with Crippen LogP contribution in [0, 0.1) is 0 Å². The molecule has 1 aromatic heterocycles. The van der Waals surface area contributed by atoms with Gasteiger partial charge >= 0.3 is 0 Å². The molecule has 0 aliphatic rings. The summed E-state index contributed by atoms with van der Waals surface area (Å²) in [5, 5.41) is 11.5. The molecule has 5 heteroatoms. The SMILES string of the molecule is CC(C)c1ccccc1Nc1nncc(N(C)c2ccccc2)n1. The van der Waals surface area contributed by atoms with Crippen LogP contribution < -0.4 is 10.2 Å². The predicted octanol–water partition coefficient (Wildman–Crippen LogP) is 4.51. The van der Waals surface area contributed by atoms with Gasteiger partial charge in [0.05, 0.1) is 6.20 Å². The summed E-state index contributed by atoms with van der Waals surface area (Å²) in [5.41, 5.74) is 3.28. The molecular formula is C19H21N5. The minimum absolute atomic E-state index is 0.414. The van der Waals surface area contributed by atoms with Crippen molar-refractivity contribution in [1.29, 1.82) is 0 Å². The average molecular weight is 319 g/mol. The van der Waals surface area contributed by atoms with Gasteiger partial charge in [-0.2, -0.15) is 10.1 Å². The summed E-state index contributed by atoms with van der Waals surface area (Å²) in [5.74, 6) is 1.64. The summed E-state index contributed by atoms with van der Waals surface area (Å²) in [6, 6.07) is 18.2. The van der Waals surface area contributed by atoms with Crippen LogP contribution in [0.3, 0.4) is 0 Å². The minimum atomic E-state index is 0.414. The van der Waals surface area contributed by atoms with E-state index in [2.05, 4.69) is 40.4 Å². The highest BCUT2D eigenvalue weighted by atomic mass is 15.3. The van der Waals surface area contributed by atoms with Crippen molar-refractivity contribution >= 4 is 23.1 Å². The molecule has 3 rings (SSSR count). The third-order valence-corrected chi connectivity index (χ3v) is 3.86. The van der Waals surface area contributed by atoms with Crippen LogP contribution in [-0.2, 0) is 0 Å². The number of anilines is 4. The molecule has 122 valence electrons. The van der Waals surface area contributed by atoms with Gasteiger partial charge in [0.25, 0.3) is 0 Å². The summed E-state index contributed by atoms with van der Waals surface area (Å²) in [6.07, 6.45) is 1.66. The van der Waals surface area contributed by atoms with Crippen molar-refractivity contribution in [1.82, 2.24) is 15.2 Å². The van der Waals surface area contributed by atoms with Crippen molar-refractivity contribution in [2.24, 2.45) is 0 Å². The summed E-state index contributed by atoms with van der Waals surface area (Å²) in [6.45, 7) is 4.33. The van der Waals surface area contributed by atoms with Crippen LogP contribution in [0.15, 0.2) is 60.8 Å². The van der Waals surface area contributed by atoms with Crippen LogP contribution in [0.1, 0.15) is 25.3 Å². The fourth-order valence-electron chi connectivity index (χ4n) is 2.53. The second-order valence-corrected chi connectivity index (χ2v) is 5.90. The highest BCUT2D eigenvalue weighted by Gasteiger charge is 2.10. The lowest BCUT2D eigenvalue weighted by Gasteiger charge is -2.18. The van der Waals surface area contributed by atoms with Crippen molar-refractivity contribution < 1.29 is 0 Å². The van der Waals surface area contributed by atoms with E-state index in [0.717, 1.165) is 17.2 Å². The molecule has 0 saturated carbocycles. The number of hydrogen-bond donors (Lipinski definition) is 1. The Morgan fingerprint density at radius 2 is 1.67 bits per heavy atom. The van der Waals surface area contributed by atoms with E-state index in [4.69, 9.17) is 0 Å². The van der Waals surface area contributed by atoms with Gasteiger partial charge in [-0.1, -0.05) is 50.2 Å². The summed E-state index contributed by atoms with van der Waals surface area (Å²) >= 11 is 0. The average Bonchev–Trinajstić information content (AvgIpc) is 2.62. The second-order valence-electron chi connectivity index (χ2n) is 5.90. The van der Waals surface area contributed by atoms with Gasteiger partial charge in [0.1, 0.15) is 0 Å². The van der Waals surface area contributed by atoms with E-state index in [1.54, 1.807) is 6.20 Å².